The molecular formula is C22H24N4O2. The molecule has 1 aliphatic rings. The third-order valence-electron chi connectivity index (χ3n) is 5.33. The average Bonchev–Trinajstić information content (AvgIpc) is 3.26. The first-order valence-electron chi connectivity index (χ1n) is 9.85. The molecule has 3 aromatic rings. The SMILES string of the molecule is CC[C@@H](C(=O)N1CCC[C@H](c2noc(-c3ccccn3)n2)C1)c1ccccc1. The molecule has 2 atom stereocenters. The molecule has 28 heavy (non-hydrogen) atoms. The molecule has 6 nitrogen and oxygen atoms in total. The Hall–Kier alpha value is -3.02. The summed E-state index contributed by atoms with van der Waals surface area (Å²) in [6, 6.07) is 15.6. The van der Waals surface area contributed by atoms with Crippen LogP contribution in [0, 0.1) is 0 Å². The van der Waals surface area contributed by atoms with Crippen molar-refractivity contribution in [1.29, 1.82) is 0 Å². The highest BCUT2D eigenvalue weighted by molar-refractivity contribution is 5.83. The molecule has 0 unspecified atom stereocenters. The van der Waals surface area contributed by atoms with E-state index in [0.29, 0.717) is 24.0 Å². The van der Waals surface area contributed by atoms with Crippen LogP contribution in [0.1, 0.15) is 49.4 Å². The summed E-state index contributed by atoms with van der Waals surface area (Å²) in [5.74, 6) is 1.26. The Labute approximate surface area is 164 Å². The fraction of sp³-hybridized carbons (Fsp3) is 0.364. The standard InChI is InChI=1S/C22H24N4O2/c1-2-18(16-9-4-3-5-10-16)22(27)26-14-8-11-17(15-26)20-24-21(28-25-20)19-12-6-7-13-23-19/h3-7,9-10,12-13,17-18H,2,8,11,14-15H2,1H3/t17-,18+/m0/s1. The van der Waals surface area contributed by atoms with Gasteiger partial charge in [0.2, 0.25) is 5.91 Å². The topological polar surface area (TPSA) is 72.1 Å². The maximum absolute atomic E-state index is 13.2. The second-order valence-electron chi connectivity index (χ2n) is 7.17. The highest BCUT2D eigenvalue weighted by Crippen LogP contribution is 2.30. The molecule has 3 heterocycles. The summed E-state index contributed by atoms with van der Waals surface area (Å²) in [6.07, 6.45) is 4.38. The molecular weight excluding hydrogens is 352 g/mol. The fourth-order valence-electron chi connectivity index (χ4n) is 3.84. The van der Waals surface area contributed by atoms with Crippen LogP contribution in [-0.2, 0) is 4.79 Å². The zero-order valence-electron chi connectivity index (χ0n) is 16.0. The number of rotatable bonds is 5. The number of nitrogens with zero attached hydrogens (tertiary/aromatic N) is 4. The van der Waals surface area contributed by atoms with Crippen molar-refractivity contribution in [3.05, 3.63) is 66.1 Å². The predicted octanol–water partition coefficient (Wildman–Crippen LogP) is 4.03. The normalized spacial score (nSPS) is 18.0. The number of benzene rings is 1. The van der Waals surface area contributed by atoms with Crippen LogP contribution in [0.4, 0.5) is 0 Å². The van der Waals surface area contributed by atoms with E-state index < -0.39 is 0 Å². The Kier molecular flexibility index (Phi) is 5.46. The number of carbonyl (C=O) groups excluding carboxylic acids is 1. The van der Waals surface area contributed by atoms with Gasteiger partial charge in [-0.15, -0.1) is 0 Å². The summed E-state index contributed by atoms with van der Waals surface area (Å²) < 4.78 is 5.41. The highest BCUT2D eigenvalue weighted by atomic mass is 16.5. The van der Waals surface area contributed by atoms with Crippen LogP contribution in [-0.4, -0.2) is 39.0 Å². The Morgan fingerprint density at radius 2 is 2.04 bits per heavy atom. The second kappa shape index (κ2) is 8.33. The smallest absolute Gasteiger partial charge is 0.276 e. The maximum Gasteiger partial charge on any atom is 0.276 e. The van der Waals surface area contributed by atoms with Crippen LogP contribution < -0.4 is 0 Å². The predicted molar refractivity (Wildman–Crippen MR) is 106 cm³/mol. The number of pyridine rings is 1. The van der Waals surface area contributed by atoms with Gasteiger partial charge in [-0.2, -0.15) is 4.98 Å². The minimum absolute atomic E-state index is 0.0900. The molecule has 0 aliphatic carbocycles. The van der Waals surface area contributed by atoms with Gasteiger partial charge < -0.3 is 9.42 Å². The fourth-order valence-corrected chi connectivity index (χ4v) is 3.84. The Morgan fingerprint density at radius 1 is 1.21 bits per heavy atom. The maximum atomic E-state index is 13.2. The van der Waals surface area contributed by atoms with Crippen molar-refractivity contribution in [1.82, 2.24) is 20.0 Å². The van der Waals surface area contributed by atoms with E-state index in [1.807, 2.05) is 53.4 Å². The number of piperidine rings is 1. The van der Waals surface area contributed by atoms with Gasteiger partial charge in [0.15, 0.2) is 5.82 Å². The summed E-state index contributed by atoms with van der Waals surface area (Å²) in [6.45, 7) is 3.47. The largest absolute Gasteiger partial charge is 0.341 e. The second-order valence-corrected chi connectivity index (χ2v) is 7.17. The van der Waals surface area contributed by atoms with Gasteiger partial charge >= 0.3 is 0 Å². The number of carbonyl (C=O) groups is 1. The van der Waals surface area contributed by atoms with Gasteiger partial charge in [0.05, 0.1) is 5.92 Å². The van der Waals surface area contributed by atoms with E-state index in [4.69, 9.17) is 4.52 Å². The molecule has 1 amide bonds. The Bertz CT molecular complexity index is 911. The van der Waals surface area contributed by atoms with Crippen molar-refractivity contribution in [3.63, 3.8) is 0 Å². The van der Waals surface area contributed by atoms with Gasteiger partial charge in [-0.1, -0.05) is 48.5 Å². The Morgan fingerprint density at radius 3 is 2.79 bits per heavy atom. The van der Waals surface area contributed by atoms with Crippen molar-refractivity contribution >= 4 is 5.91 Å². The van der Waals surface area contributed by atoms with Crippen molar-refractivity contribution in [2.24, 2.45) is 0 Å². The van der Waals surface area contributed by atoms with Crippen LogP contribution in [0.2, 0.25) is 0 Å². The molecule has 0 saturated carbocycles. The zero-order valence-corrected chi connectivity index (χ0v) is 16.0. The van der Waals surface area contributed by atoms with Gasteiger partial charge in [-0.25, -0.2) is 0 Å². The van der Waals surface area contributed by atoms with E-state index in [2.05, 4.69) is 22.0 Å². The van der Waals surface area contributed by atoms with Gasteiger partial charge in [-0.05, 0) is 37.0 Å². The van der Waals surface area contributed by atoms with Gasteiger partial charge in [0.25, 0.3) is 5.89 Å². The number of hydrogen-bond donors (Lipinski definition) is 0. The molecule has 0 spiro atoms. The number of likely N-dealkylation sites (tertiary alicyclic amines) is 1. The van der Waals surface area contributed by atoms with E-state index in [1.165, 1.54) is 0 Å². The number of hydrogen-bond acceptors (Lipinski definition) is 5. The lowest BCUT2D eigenvalue weighted by Crippen LogP contribution is -2.41. The average molecular weight is 376 g/mol. The van der Waals surface area contributed by atoms with Crippen LogP contribution in [0.15, 0.2) is 59.3 Å². The van der Waals surface area contributed by atoms with E-state index in [0.717, 1.165) is 31.4 Å². The summed E-state index contributed by atoms with van der Waals surface area (Å²) in [7, 11) is 0. The van der Waals surface area contributed by atoms with Gasteiger partial charge in [0.1, 0.15) is 5.69 Å². The monoisotopic (exact) mass is 376 g/mol. The van der Waals surface area contributed by atoms with Gasteiger partial charge in [-0.3, -0.25) is 9.78 Å². The van der Waals surface area contributed by atoms with Gasteiger partial charge in [0, 0.05) is 25.2 Å². The molecule has 0 radical (unpaired) electrons. The molecule has 6 heteroatoms. The van der Waals surface area contributed by atoms with E-state index >= 15 is 0 Å². The lowest BCUT2D eigenvalue weighted by atomic mass is 9.92. The summed E-state index contributed by atoms with van der Waals surface area (Å²) in [4.78, 5) is 24.0. The molecule has 1 fully saturated rings. The van der Waals surface area contributed by atoms with Crippen molar-refractivity contribution < 1.29 is 9.32 Å². The van der Waals surface area contributed by atoms with E-state index in [-0.39, 0.29) is 17.7 Å². The molecule has 1 aliphatic heterocycles. The van der Waals surface area contributed by atoms with Crippen LogP contribution in [0.3, 0.4) is 0 Å². The molecule has 0 bridgehead atoms. The molecule has 1 saturated heterocycles. The highest BCUT2D eigenvalue weighted by Gasteiger charge is 2.31. The van der Waals surface area contributed by atoms with Crippen molar-refractivity contribution in [2.45, 2.75) is 38.0 Å². The summed E-state index contributed by atoms with van der Waals surface area (Å²) in [5.41, 5.74) is 1.74. The summed E-state index contributed by atoms with van der Waals surface area (Å²) >= 11 is 0. The minimum atomic E-state index is -0.103. The lowest BCUT2D eigenvalue weighted by molar-refractivity contribution is -0.134. The Balaban J connectivity index is 1.49. The number of aromatic nitrogens is 3. The van der Waals surface area contributed by atoms with E-state index in [1.54, 1.807) is 6.20 Å². The zero-order chi connectivity index (χ0) is 19.3. The first-order valence-corrected chi connectivity index (χ1v) is 9.85. The minimum Gasteiger partial charge on any atom is -0.341 e. The van der Waals surface area contributed by atoms with Crippen LogP contribution >= 0.6 is 0 Å². The molecule has 0 N–H and O–H groups in total. The van der Waals surface area contributed by atoms with Crippen LogP contribution in [0.5, 0.6) is 0 Å². The molecule has 1 aromatic carbocycles. The molecule has 4 rings (SSSR count). The van der Waals surface area contributed by atoms with Crippen LogP contribution in [0.25, 0.3) is 11.6 Å². The third-order valence-corrected chi connectivity index (χ3v) is 5.33. The molecule has 2 aromatic heterocycles. The quantitative estimate of drug-likeness (QED) is 0.672. The summed E-state index contributed by atoms with van der Waals surface area (Å²) in [5, 5.41) is 4.17. The van der Waals surface area contributed by atoms with E-state index in [9.17, 15) is 4.79 Å². The first-order chi connectivity index (χ1) is 13.8. The van der Waals surface area contributed by atoms with Crippen molar-refractivity contribution in [3.8, 4) is 11.6 Å². The third kappa shape index (κ3) is 3.81. The molecule has 144 valence electrons. The lowest BCUT2D eigenvalue weighted by Gasteiger charge is -2.33. The first kappa shape index (κ1) is 18.3. The number of amides is 1. The van der Waals surface area contributed by atoms with Crippen molar-refractivity contribution in [2.75, 3.05) is 13.1 Å².